The van der Waals surface area contributed by atoms with Crippen LogP contribution >= 0.6 is 12.2 Å². The zero-order valence-corrected chi connectivity index (χ0v) is 22.7. The van der Waals surface area contributed by atoms with Crippen molar-refractivity contribution in [2.24, 2.45) is 0 Å². The molecule has 7 heteroatoms. The van der Waals surface area contributed by atoms with Crippen LogP contribution in [-0.4, -0.2) is 45.9 Å². The molecule has 0 bridgehead atoms. The Kier molecular flexibility index (Phi) is 6.87. The van der Waals surface area contributed by atoms with Gasteiger partial charge in [0.15, 0.2) is 5.11 Å². The number of nitrogens with zero attached hydrogens (tertiary/aromatic N) is 4. The molecule has 0 spiro atoms. The summed E-state index contributed by atoms with van der Waals surface area (Å²) in [5.41, 5.74) is 8.32. The normalized spacial score (nSPS) is 19.6. The number of anilines is 1. The second-order valence-corrected chi connectivity index (χ2v) is 10.4. The summed E-state index contributed by atoms with van der Waals surface area (Å²) in [6.07, 6.45) is 1.86. The molecule has 4 aromatic rings. The molecule has 194 valence electrons. The highest BCUT2D eigenvalue weighted by atomic mass is 32.1. The Balaban J connectivity index is 1.38. The van der Waals surface area contributed by atoms with Crippen LogP contribution in [0.3, 0.4) is 0 Å². The molecule has 2 fully saturated rings. The van der Waals surface area contributed by atoms with Crippen molar-refractivity contribution >= 4 is 23.0 Å². The monoisotopic (exact) mass is 523 g/mol. The van der Waals surface area contributed by atoms with Crippen molar-refractivity contribution in [1.29, 1.82) is 0 Å². The van der Waals surface area contributed by atoms with Gasteiger partial charge in [-0.1, -0.05) is 36.4 Å². The predicted molar refractivity (Wildman–Crippen MR) is 156 cm³/mol. The van der Waals surface area contributed by atoms with Crippen LogP contribution < -0.4 is 10.2 Å². The maximum absolute atomic E-state index is 5.91. The SMILES string of the molecule is Cc1cc(C2C(c3ccccn3)NC(=S)N2Cc2ccccc2)c(C)n1-c1ccc(N2CCOCC2)cc1. The van der Waals surface area contributed by atoms with Crippen molar-refractivity contribution < 1.29 is 4.74 Å². The van der Waals surface area contributed by atoms with Crippen molar-refractivity contribution in [3.63, 3.8) is 0 Å². The van der Waals surface area contributed by atoms with E-state index in [0.29, 0.717) is 0 Å². The molecular weight excluding hydrogens is 490 g/mol. The van der Waals surface area contributed by atoms with Crippen LogP contribution in [0.5, 0.6) is 0 Å². The summed E-state index contributed by atoms with van der Waals surface area (Å²) < 4.78 is 7.88. The van der Waals surface area contributed by atoms with E-state index >= 15 is 0 Å². The van der Waals surface area contributed by atoms with E-state index in [1.54, 1.807) is 0 Å². The number of hydrogen-bond acceptors (Lipinski definition) is 4. The lowest BCUT2D eigenvalue weighted by Crippen LogP contribution is -2.36. The Morgan fingerprint density at radius 1 is 0.921 bits per heavy atom. The summed E-state index contributed by atoms with van der Waals surface area (Å²) in [6.45, 7) is 8.58. The lowest BCUT2D eigenvalue weighted by atomic mass is 9.96. The number of aromatic nitrogens is 2. The van der Waals surface area contributed by atoms with E-state index in [-0.39, 0.29) is 12.1 Å². The van der Waals surface area contributed by atoms with Crippen LogP contribution in [-0.2, 0) is 11.3 Å². The number of benzene rings is 2. The molecule has 2 aromatic heterocycles. The molecule has 2 aliphatic heterocycles. The fourth-order valence-electron chi connectivity index (χ4n) is 5.81. The number of aryl methyl sites for hydroxylation is 1. The van der Waals surface area contributed by atoms with Crippen molar-refractivity contribution in [2.45, 2.75) is 32.5 Å². The van der Waals surface area contributed by atoms with E-state index in [1.807, 2.05) is 18.3 Å². The highest BCUT2D eigenvalue weighted by molar-refractivity contribution is 7.80. The summed E-state index contributed by atoms with van der Waals surface area (Å²) in [5, 5.41) is 4.36. The lowest BCUT2D eigenvalue weighted by molar-refractivity contribution is 0.122. The molecular formula is C31H33N5OS. The van der Waals surface area contributed by atoms with Gasteiger partial charge in [-0.15, -0.1) is 0 Å². The third-order valence-electron chi connectivity index (χ3n) is 7.67. The van der Waals surface area contributed by atoms with Gasteiger partial charge in [0.25, 0.3) is 0 Å². The van der Waals surface area contributed by atoms with Gasteiger partial charge in [-0.05, 0) is 79.7 Å². The minimum atomic E-state index is -0.0370. The van der Waals surface area contributed by atoms with Crippen LogP contribution in [0, 0.1) is 13.8 Å². The zero-order chi connectivity index (χ0) is 26.1. The fraction of sp³-hybridized carbons (Fsp3) is 0.290. The predicted octanol–water partition coefficient (Wildman–Crippen LogP) is 5.50. The van der Waals surface area contributed by atoms with Crippen LogP contribution in [0.1, 0.15) is 40.3 Å². The molecule has 6 rings (SSSR count). The molecule has 1 N–H and O–H groups in total. The van der Waals surface area contributed by atoms with E-state index in [2.05, 4.69) is 100 Å². The fourth-order valence-corrected chi connectivity index (χ4v) is 6.12. The number of rotatable bonds is 6. The first-order chi connectivity index (χ1) is 18.6. The van der Waals surface area contributed by atoms with Gasteiger partial charge in [0, 0.05) is 48.6 Å². The smallest absolute Gasteiger partial charge is 0.170 e. The summed E-state index contributed by atoms with van der Waals surface area (Å²) in [7, 11) is 0. The van der Waals surface area contributed by atoms with E-state index in [4.69, 9.17) is 21.9 Å². The number of nitrogens with one attached hydrogen (secondary N) is 1. The molecule has 0 radical (unpaired) electrons. The Morgan fingerprint density at radius 3 is 2.34 bits per heavy atom. The van der Waals surface area contributed by atoms with E-state index in [9.17, 15) is 0 Å². The number of morpholine rings is 1. The summed E-state index contributed by atoms with van der Waals surface area (Å²) in [5.74, 6) is 0. The first-order valence-electron chi connectivity index (χ1n) is 13.2. The third kappa shape index (κ3) is 4.68. The summed E-state index contributed by atoms with van der Waals surface area (Å²) >= 11 is 5.91. The van der Waals surface area contributed by atoms with Gasteiger partial charge in [0.1, 0.15) is 0 Å². The molecule has 2 atom stereocenters. The molecule has 2 saturated heterocycles. The number of thiocarbonyl (C=S) groups is 1. The molecule has 2 aromatic carbocycles. The van der Waals surface area contributed by atoms with Crippen LogP contribution in [0.2, 0.25) is 0 Å². The summed E-state index contributed by atoms with van der Waals surface area (Å²) in [6, 6.07) is 27.8. The second-order valence-electron chi connectivity index (χ2n) is 10.0. The Hall–Kier alpha value is -3.68. The molecule has 2 unspecified atom stereocenters. The van der Waals surface area contributed by atoms with Crippen molar-refractivity contribution in [3.05, 3.63) is 113 Å². The first-order valence-corrected chi connectivity index (χ1v) is 13.6. The first kappa shape index (κ1) is 24.6. The molecule has 6 nitrogen and oxygen atoms in total. The molecule has 0 saturated carbocycles. The Labute approximate surface area is 229 Å². The van der Waals surface area contributed by atoms with Crippen LogP contribution in [0.4, 0.5) is 5.69 Å². The molecule has 38 heavy (non-hydrogen) atoms. The number of ether oxygens (including phenoxy) is 1. The van der Waals surface area contributed by atoms with Gasteiger partial charge in [0.2, 0.25) is 0 Å². The highest BCUT2D eigenvalue weighted by Crippen LogP contribution is 2.42. The maximum Gasteiger partial charge on any atom is 0.170 e. The number of hydrogen-bond donors (Lipinski definition) is 1. The van der Waals surface area contributed by atoms with Crippen LogP contribution in [0.25, 0.3) is 5.69 Å². The van der Waals surface area contributed by atoms with Gasteiger partial charge < -0.3 is 24.4 Å². The van der Waals surface area contributed by atoms with Gasteiger partial charge in [0.05, 0.1) is 31.0 Å². The van der Waals surface area contributed by atoms with Crippen molar-refractivity contribution in [1.82, 2.24) is 19.8 Å². The minimum Gasteiger partial charge on any atom is -0.378 e. The topological polar surface area (TPSA) is 45.6 Å². The minimum absolute atomic E-state index is 0.0187. The Morgan fingerprint density at radius 2 is 1.63 bits per heavy atom. The molecule has 2 aliphatic rings. The Bertz CT molecular complexity index is 1400. The quantitative estimate of drug-likeness (QED) is 0.337. The highest BCUT2D eigenvalue weighted by Gasteiger charge is 2.41. The van der Waals surface area contributed by atoms with Gasteiger partial charge in [-0.2, -0.15) is 0 Å². The summed E-state index contributed by atoms with van der Waals surface area (Å²) in [4.78, 5) is 9.42. The van der Waals surface area contributed by atoms with Gasteiger partial charge in [-0.25, -0.2) is 0 Å². The largest absolute Gasteiger partial charge is 0.378 e. The molecule has 0 amide bonds. The number of pyridine rings is 1. The van der Waals surface area contributed by atoms with Crippen molar-refractivity contribution in [3.8, 4) is 5.69 Å². The molecule has 4 heterocycles. The standard InChI is InChI=1S/C31H33N5OS/c1-22-20-27(23(2)36(22)26-13-11-25(12-14-26)34-16-18-37-19-17-34)30-29(28-10-6-7-15-32-28)33-31(38)35(30)21-24-8-4-3-5-9-24/h3-15,20,29-30H,16-19,21H2,1-2H3,(H,33,38). The second kappa shape index (κ2) is 10.6. The van der Waals surface area contributed by atoms with Crippen molar-refractivity contribution in [2.75, 3.05) is 31.2 Å². The van der Waals surface area contributed by atoms with Crippen LogP contribution in [0.15, 0.2) is 85.1 Å². The van der Waals surface area contributed by atoms with E-state index in [0.717, 1.165) is 43.7 Å². The molecule has 0 aliphatic carbocycles. The van der Waals surface area contributed by atoms with E-state index in [1.165, 1.54) is 33.9 Å². The third-order valence-corrected chi connectivity index (χ3v) is 8.02. The average Bonchev–Trinajstić information content (AvgIpc) is 3.44. The lowest BCUT2D eigenvalue weighted by Gasteiger charge is -2.29. The van der Waals surface area contributed by atoms with Gasteiger partial charge >= 0.3 is 0 Å². The zero-order valence-electron chi connectivity index (χ0n) is 21.9. The van der Waals surface area contributed by atoms with E-state index < -0.39 is 0 Å². The maximum atomic E-state index is 5.91. The van der Waals surface area contributed by atoms with Gasteiger partial charge in [-0.3, -0.25) is 4.98 Å². The average molecular weight is 524 g/mol.